The summed E-state index contributed by atoms with van der Waals surface area (Å²) in [6.07, 6.45) is 0.194. The minimum atomic E-state index is -0.960. The number of carbonyl (C=O) groups excluding carboxylic acids is 4. The summed E-state index contributed by atoms with van der Waals surface area (Å²) in [5, 5.41) is 15.8. The van der Waals surface area contributed by atoms with Crippen LogP contribution in [0, 0.1) is 0 Å². The first-order valence-electron chi connectivity index (χ1n) is 14.1. The van der Waals surface area contributed by atoms with Crippen LogP contribution in [0.2, 0.25) is 0 Å². The molecule has 0 unspecified atom stereocenters. The molecular formula is C32H37N5O8. The second-order valence-electron chi connectivity index (χ2n) is 10.2. The number of nitrogens with one attached hydrogen (secondary N) is 3. The molecule has 0 radical (unpaired) electrons. The smallest absolute Gasteiger partial charge is 0.303 e. The van der Waals surface area contributed by atoms with Gasteiger partial charge in [-0.05, 0) is 36.2 Å². The van der Waals surface area contributed by atoms with Crippen LogP contribution in [0.1, 0.15) is 42.1 Å². The molecule has 0 spiro atoms. The molecule has 238 valence electrons. The van der Waals surface area contributed by atoms with Crippen LogP contribution in [-0.4, -0.2) is 61.4 Å². The van der Waals surface area contributed by atoms with Gasteiger partial charge in [0.25, 0.3) is 5.91 Å². The molecule has 0 saturated heterocycles. The highest BCUT2D eigenvalue weighted by Crippen LogP contribution is 2.37. The Morgan fingerprint density at radius 3 is 2.38 bits per heavy atom. The minimum absolute atomic E-state index is 0.0456. The molecule has 4 amide bonds. The number of nitrogens with two attached hydrogens (primary N) is 1. The summed E-state index contributed by atoms with van der Waals surface area (Å²) in [6, 6.07) is 18.7. The first-order valence-corrected chi connectivity index (χ1v) is 14.1. The van der Waals surface area contributed by atoms with E-state index < -0.39 is 35.6 Å². The third kappa shape index (κ3) is 10.7. The standard InChI is InChI=1S/C29H31N5O6.C3H6O2/c1-34(2)19-9-6-10-20(13-19)40-25-14-21-23(33-29(38)22(32-28(21)37)11-12-26(30)35)15-24(25)31-27(36)17-39-16-18-7-4-3-5-8-18;1-2-3(4)5/h3-10,13-15,22H,11-12,16-17H2,1-2H3,(H2,30,35)(H,31,36)(H,32,37)(H,33,38);2H2,1H3,(H,4,5)/t22-;/m1./s1. The lowest BCUT2D eigenvalue weighted by molar-refractivity contribution is -0.136. The Morgan fingerprint density at radius 2 is 1.73 bits per heavy atom. The Labute approximate surface area is 260 Å². The van der Waals surface area contributed by atoms with Crippen molar-refractivity contribution >= 4 is 46.7 Å². The fraction of sp³-hybridized carbons (Fsp3) is 0.281. The van der Waals surface area contributed by atoms with Crippen molar-refractivity contribution in [3.8, 4) is 11.5 Å². The second-order valence-corrected chi connectivity index (χ2v) is 10.2. The first-order chi connectivity index (χ1) is 21.5. The van der Waals surface area contributed by atoms with Crippen molar-refractivity contribution in [2.45, 2.75) is 38.8 Å². The number of primary amides is 1. The molecule has 3 aromatic carbocycles. The van der Waals surface area contributed by atoms with Crippen molar-refractivity contribution in [1.29, 1.82) is 0 Å². The van der Waals surface area contributed by atoms with Crippen molar-refractivity contribution in [1.82, 2.24) is 5.32 Å². The van der Waals surface area contributed by atoms with E-state index in [9.17, 15) is 24.0 Å². The molecule has 1 heterocycles. The van der Waals surface area contributed by atoms with Gasteiger partial charge in [-0.3, -0.25) is 24.0 Å². The molecule has 6 N–H and O–H groups in total. The molecule has 1 atom stereocenters. The number of fused-ring (bicyclic) bond motifs is 1. The number of aliphatic carboxylic acids is 1. The van der Waals surface area contributed by atoms with Crippen LogP contribution in [0.3, 0.4) is 0 Å². The fourth-order valence-electron chi connectivity index (χ4n) is 4.04. The van der Waals surface area contributed by atoms with Gasteiger partial charge in [0.15, 0.2) is 5.75 Å². The zero-order valence-electron chi connectivity index (χ0n) is 25.3. The van der Waals surface area contributed by atoms with E-state index in [-0.39, 0.29) is 55.2 Å². The molecule has 0 aromatic heterocycles. The van der Waals surface area contributed by atoms with Gasteiger partial charge in [-0.1, -0.05) is 43.3 Å². The van der Waals surface area contributed by atoms with Crippen molar-refractivity contribution in [3.05, 3.63) is 77.9 Å². The van der Waals surface area contributed by atoms with Gasteiger partial charge < -0.3 is 41.2 Å². The number of anilines is 3. The predicted octanol–water partition coefficient (Wildman–Crippen LogP) is 3.50. The van der Waals surface area contributed by atoms with Gasteiger partial charge in [0.2, 0.25) is 17.7 Å². The number of nitrogens with zero attached hydrogens (tertiary/aromatic N) is 1. The summed E-state index contributed by atoms with van der Waals surface area (Å²) in [5.41, 5.74) is 7.56. The van der Waals surface area contributed by atoms with Gasteiger partial charge in [0.05, 0.1) is 23.5 Å². The number of rotatable bonds is 12. The molecule has 0 bridgehead atoms. The number of ether oxygens (including phenoxy) is 2. The molecule has 1 aliphatic rings. The van der Waals surface area contributed by atoms with E-state index in [4.69, 9.17) is 20.3 Å². The highest BCUT2D eigenvalue weighted by molar-refractivity contribution is 6.11. The SMILES string of the molecule is CCC(=O)O.CN(C)c1cccc(Oc2cc3c(cc2NC(=O)COCc2ccccc2)NC(=O)[C@@H](CCC(N)=O)NC3=O)c1. The molecule has 0 fully saturated rings. The van der Waals surface area contributed by atoms with Gasteiger partial charge in [0.1, 0.15) is 18.4 Å². The van der Waals surface area contributed by atoms with Crippen LogP contribution >= 0.6 is 0 Å². The molecule has 1 aliphatic heterocycles. The van der Waals surface area contributed by atoms with Gasteiger partial charge >= 0.3 is 5.97 Å². The molecule has 45 heavy (non-hydrogen) atoms. The van der Waals surface area contributed by atoms with Gasteiger partial charge in [0, 0.05) is 38.7 Å². The average Bonchev–Trinajstić information content (AvgIpc) is 3.11. The topological polar surface area (TPSA) is 189 Å². The lowest BCUT2D eigenvalue weighted by atomic mass is 10.1. The van der Waals surface area contributed by atoms with E-state index in [1.54, 1.807) is 13.0 Å². The van der Waals surface area contributed by atoms with Crippen LogP contribution in [0.4, 0.5) is 17.1 Å². The molecule has 3 aromatic rings. The van der Waals surface area contributed by atoms with Crippen molar-refractivity contribution in [2.24, 2.45) is 5.73 Å². The third-order valence-corrected chi connectivity index (χ3v) is 6.41. The normalized spacial score (nSPS) is 13.5. The monoisotopic (exact) mass is 619 g/mol. The Balaban J connectivity index is 0.00000102. The van der Waals surface area contributed by atoms with E-state index in [1.807, 2.05) is 67.5 Å². The number of hydrogen-bond acceptors (Lipinski definition) is 8. The van der Waals surface area contributed by atoms with Crippen molar-refractivity contribution < 1.29 is 38.6 Å². The van der Waals surface area contributed by atoms with Gasteiger partial charge in [-0.25, -0.2) is 0 Å². The number of hydrogen-bond donors (Lipinski definition) is 5. The molecule has 13 heteroatoms. The molecule has 0 saturated carbocycles. The van der Waals surface area contributed by atoms with Crippen LogP contribution in [0.25, 0.3) is 0 Å². The highest BCUT2D eigenvalue weighted by Gasteiger charge is 2.29. The number of amides is 4. The van der Waals surface area contributed by atoms with Crippen LogP contribution in [0.5, 0.6) is 11.5 Å². The lowest BCUT2D eigenvalue weighted by Gasteiger charge is -2.17. The third-order valence-electron chi connectivity index (χ3n) is 6.41. The first kappa shape index (κ1) is 34.1. The fourth-order valence-corrected chi connectivity index (χ4v) is 4.04. The van der Waals surface area contributed by atoms with Crippen LogP contribution in [0.15, 0.2) is 66.7 Å². The van der Waals surface area contributed by atoms with E-state index in [2.05, 4.69) is 16.0 Å². The van der Waals surface area contributed by atoms with Crippen LogP contribution in [-0.2, 0) is 30.5 Å². The molecule has 13 nitrogen and oxygen atoms in total. The Bertz CT molecular complexity index is 1530. The zero-order valence-corrected chi connectivity index (χ0v) is 25.3. The predicted molar refractivity (Wildman–Crippen MR) is 168 cm³/mol. The highest BCUT2D eigenvalue weighted by atomic mass is 16.5. The summed E-state index contributed by atoms with van der Waals surface area (Å²) >= 11 is 0. The Morgan fingerprint density at radius 1 is 1.02 bits per heavy atom. The Kier molecular flexibility index (Phi) is 12.4. The summed E-state index contributed by atoms with van der Waals surface area (Å²) in [4.78, 5) is 61.2. The van der Waals surface area contributed by atoms with Gasteiger partial charge in [-0.15, -0.1) is 0 Å². The number of carboxylic acid groups (broad SMARTS) is 1. The van der Waals surface area contributed by atoms with E-state index in [0.29, 0.717) is 5.75 Å². The maximum Gasteiger partial charge on any atom is 0.303 e. The minimum Gasteiger partial charge on any atom is -0.481 e. The average molecular weight is 620 g/mol. The maximum atomic E-state index is 13.1. The quantitative estimate of drug-likeness (QED) is 0.202. The van der Waals surface area contributed by atoms with Gasteiger partial charge in [-0.2, -0.15) is 0 Å². The number of benzene rings is 3. The largest absolute Gasteiger partial charge is 0.481 e. The Hall–Kier alpha value is -5.43. The summed E-state index contributed by atoms with van der Waals surface area (Å²) in [7, 11) is 3.79. The molecular weight excluding hydrogens is 582 g/mol. The van der Waals surface area contributed by atoms with Crippen molar-refractivity contribution in [3.63, 3.8) is 0 Å². The summed E-state index contributed by atoms with van der Waals surface area (Å²) in [5.74, 6) is -2.18. The summed E-state index contributed by atoms with van der Waals surface area (Å²) < 4.78 is 11.7. The second kappa shape index (κ2) is 16.4. The van der Waals surface area contributed by atoms with Crippen LogP contribution < -0.4 is 31.3 Å². The van der Waals surface area contributed by atoms with E-state index in [0.717, 1.165) is 11.3 Å². The zero-order chi connectivity index (χ0) is 32.9. The van der Waals surface area contributed by atoms with E-state index >= 15 is 0 Å². The summed E-state index contributed by atoms with van der Waals surface area (Å²) in [6.45, 7) is 1.62. The van der Waals surface area contributed by atoms with Crippen molar-refractivity contribution in [2.75, 3.05) is 36.2 Å². The number of carbonyl (C=O) groups is 5. The molecule has 4 rings (SSSR count). The molecule has 0 aliphatic carbocycles. The lowest BCUT2D eigenvalue weighted by Crippen LogP contribution is -2.41. The van der Waals surface area contributed by atoms with E-state index in [1.165, 1.54) is 12.1 Å². The number of carboxylic acids is 1. The maximum absolute atomic E-state index is 13.1.